The molecule has 8 heteroatoms. The van der Waals surface area contributed by atoms with Crippen LogP contribution < -0.4 is 5.56 Å². The molecule has 1 atom stereocenters. The Balaban J connectivity index is 1.58. The summed E-state index contributed by atoms with van der Waals surface area (Å²) in [6, 6.07) is 7.14. The molecular weight excluding hydrogens is 350 g/mol. The molecular formula is C18H19N5O2S. The summed E-state index contributed by atoms with van der Waals surface area (Å²) in [5.41, 5.74) is 0.973. The number of carbonyl (C=O) groups excluding carboxylic acids is 1. The van der Waals surface area contributed by atoms with Crippen molar-refractivity contribution in [1.29, 1.82) is 0 Å². The van der Waals surface area contributed by atoms with E-state index in [1.165, 1.54) is 6.07 Å². The number of piperidine rings is 1. The minimum atomic E-state index is -0.161. The van der Waals surface area contributed by atoms with Gasteiger partial charge in [-0.2, -0.15) is 5.10 Å². The lowest BCUT2D eigenvalue weighted by Crippen LogP contribution is -2.40. The molecule has 1 aliphatic rings. The Kier molecular flexibility index (Phi) is 4.42. The second kappa shape index (κ2) is 6.87. The number of hydrogen-bond donors (Lipinski definition) is 1. The number of rotatable bonds is 3. The van der Waals surface area contributed by atoms with Crippen molar-refractivity contribution in [2.45, 2.75) is 18.8 Å². The fourth-order valence-corrected chi connectivity index (χ4v) is 3.98. The predicted molar refractivity (Wildman–Crippen MR) is 99.3 cm³/mol. The summed E-state index contributed by atoms with van der Waals surface area (Å²) < 4.78 is 1.62. The number of aryl methyl sites for hydroxylation is 1. The molecule has 26 heavy (non-hydrogen) atoms. The molecule has 1 N–H and O–H groups in total. The van der Waals surface area contributed by atoms with Gasteiger partial charge in [0.2, 0.25) is 0 Å². The highest BCUT2D eigenvalue weighted by Crippen LogP contribution is 2.27. The summed E-state index contributed by atoms with van der Waals surface area (Å²) in [5.74, 6) is 0.593. The Hall–Kier alpha value is -2.74. The van der Waals surface area contributed by atoms with Crippen LogP contribution >= 0.6 is 11.3 Å². The van der Waals surface area contributed by atoms with E-state index in [2.05, 4.69) is 15.1 Å². The number of nitrogens with zero attached hydrogens (tertiary/aromatic N) is 4. The van der Waals surface area contributed by atoms with Gasteiger partial charge in [-0.15, -0.1) is 11.3 Å². The van der Waals surface area contributed by atoms with Gasteiger partial charge in [-0.1, -0.05) is 6.07 Å². The summed E-state index contributed by atoms with van der Waals surface area (Å²) in [5, 5.41) is 6.16. The monoisotopic (exact) mass is 369 g/mol. The largest absolute Gasteiger partial charge is 0.337 e. The molecule has 1 amide bonds. The van der Waals surface area contributed by atoms with Gasteiger partial charge in [-0.25, -0.2) is 4.98 Å². The van der Waals surface area contributed by atoms with Crippen LogP contribution in [0.15, 0.2) is 40.6 Å². The predicted octanol–water partition coefficient (Wildman–Crippen LogP) is 2.25. The molecule has 1 saturated heterocycles. The normalized spacial score (nSPS) is 17.4. The van der Waals surface area contributed by atoms with Gasteiger partial charge < -0.3 is 9.88 Å². The Morgan fingerprint density at radius 3 is 3.00 bits per heavy atom. The number of hydrogen-bond acceptors (Lipinski definition) is 5. The number of H-pyrrole nitrogens is 1. The number of amides is 1. The van der Waals surface area contributed by atoms with E-state index in [4.69, 9.17) is 0 Å². The van der Waals surface area contributed by atoms with Crippen LogP contribution in [-0.4, -0.2) is 43.6 Å². The van der Waals surface area contributed by atoms with E-state index in [1.54, 1.807) is 40.2 Å². The fraction of sp³-hybridized carbons (Fsp3) is 0.333. The average molecular weight is 369 g/mol. The Labute approximate surface area is 154 Å². The third-order valence-corrected chi connectivity index (χ3v) is 5.45. The highest BCUT2D eigenvalue weighted by atomic mass is 32.1. The number of nitrogens with one attached hydrogen (secondary N) is 1. The molecule has 1 fully saturated rings. The first-order valence-electron chi connectivity index (χ1n) is 8.54. The molecule has 0 aliphatic carbocycles. The highest BCUT2D eigenvalue weighted by Gasteiger charge is 2.28. The average Bonchev–Trinajstić information content (AvgIpc) is 3.32. The lowest BCUT2D eigenvalue weighted by Gasteiger charge is -2.31. The van der Waals surface area contributed by atoms with Crippen molar-refractivity contribution in [2.75, 3.05) is 13.1 Å². The Morgan fingerprint density at radius 1 is 1.38 bits per heavy atom. The van der Waals surface area contributed by atoms with Crippen molar-refractivity contribution in [2.24, 2.45) is 7.05 Å². The first-order valence-corrected chi connectivity index (χ1v) is 9.42. The SMILES string of the molecule is Cn1ccc(C(=O)N2CCC[C@@H](c3nc(-c4cccs4)cc(=O)[nH]3)C2)n1. The first kappa shape index (κ1) is 16.7. The summed E-state index contributed by atoms with van der Waals surface area (Å²) in [4.78, 5) is 35.1. The van der Waals surface area contributed by atoms with E-state index in [0.717, 1.165) is 17.7 Å². The van der Waals surface area contributed by atoms with Gasteiger partial charge in [0.1, 0.15) is 11.5 Å². The topological polar surface area (TPSA) is 83.9 Å². The lowest BCUT2D eigenvalue weighted by molar-refractivity contribution is 0.0697. The number of carbonyl (C=O) groups is 1. The second-order valence-corrected chi connectivity index (χ2v) is 7.41. The third-order valence-electron chi connectivity index (χ3n) is 4.56. The van der Waals surface area contributed by atoms with Gasteiger partial charge in [0.25, 0.3) is 11.5 Å². The summed E-state index contributed by atoms with van der Waals surface area (Å²) in [6.07, 6.45) is 3.53. The summed E-state index contributed by atoms with van der Waals surface area (Å²) in [6.45, 7) is 1.23. The Morgan fingerprint density at radius 2 is 2.27 bits per heavy atom. The molecule has 1 aliphatic heterocycles. The minimum absolute atomic E-state index is 0.0176. The maximum Gasteiger partial charge on any atom is 0.274 e. The van der Waals surface area contributed by atoms with Crippen LogP contribution in [0.4, 0.5) is 0 Å². The molecule has 0 saturated carbocycles. The number of aromatic nitrogens is 4. The van der Waals surface area contributed by atoms with Gasteiger partial charge in [0, 0.05) is 38.3 Å². The van der Waals surface area contributed by atoms with E-state index < -0.39 is 0 Å². The number of thiophene rings is 1. The van der Waals surface area contributed by atoms with Crippen molar-refractivity contribution in [3.63, 3.8) is 0 Å². The molecule has 0 radical (unpaired) electrons. The highest BCUT2D eigenvalue weighted by molar-refractivity contribution is 7.13. The molecule has 7 nitrogen and oxygen atoms in total. The van der Waals surface area contributed by atoms with Gasteiger partial charge >= 0.3 is 0 Å². The van der Waals surface area contributed by atoms with E-state index in [9.17, 15) is 9.59 Å². The van der Waals surface area contributed by atoms with Crippen molar-refractivity contribution in [3.8, 4) is 10.6 Å². The van der Waals surface area contributed by atoms with Crippen LogP contribution in [0.3, 0.4) is 0 Å². The molecule has 0 spiro atoms. The van der Waals surface area contributed by atoms with Gasteiger partial charge in [0.15, 0.2) is 0 Å². The fourth-order valence-electron chi connectivity index (χ4n) is 3.30. The smallest absolute Gasteiger partial charge is 0.274 e. The van der Waals surface area contributed by atoms with Crippen molar-refractivity contribution in [1.82, 2.24) is 24.6 Å². The summed E-state index contributed by atoms with van der Waals surface area (Å²) >= 11 is 1.55. The van der Waals surface area contributed by atoms with Crippen LogP contribution in [0, 0.1) is 0 Å². The van der Waals surface area contributed by atoms with E-state index in [-0.39, 0.29) is 17.4 Å². The maximum atomic E-state index is 12.7. The van der Waals surface area contributed by atoms with Crippen molar-refractivity contribution in [3.05, 3.63) is 57.7 Å². The molecule has 134 valence electrons. The van der Waals surface area contributed by atoms with Gasteiger partial charge in [0.05, 0.1) is 10.6 Å². The molecule has 3 aromatic rings. The van der Waals surface area contributed by atoms with Crippen LogP contribution in [0.5, 0.6) is 0 Å². The van der Waals surface area contributed by atoms with Crippen molar-refractivity contribution >= 4 is 17.2 Å². The standard InChI is InChI=1S/C18H19N5O2S/c1-22-8-6-13(21-22)18(25)23-7-2-4-12(11-23)17-19-14(10-16(24)20-17)15-5-3-9-26-15/h3,5-6,8-10,12H,2,4,7,11H2,1H3,(H,19,20,24)/t12-/m1/s1. The zero-order valence-electron chi connectivity index (χ0n) is 14.4. The van der Waals surface area contributed by atoms with Gasteiger partial charge in [-0.05, 0) is 30.4 Å². The number of likely N-dealkylation sites (tertiary alicyclic amines) is 1. The van der Waals surface area contributed by atoms with Crippen LogP contribution in [-0.2, 0) is 7.05 Å². The second-order valence-electron chi connectivity index (χ2n) is 6.46. The molecule has 3 aromatic heterocycles. The molecule has 4 rings (SSSR count). The quantitative estimate of drug-likeness (QED) is 0.767. The molecule has 0 aromatic carbocycles. The maximum absolute atomic E-state index is 12.7. The van der Waals surface area contributed by atoms with E-state index in [0.29, 0.717) is 30.3 Å². The van der Waals surface area contributed by atoms with Crippen LogP contribution in [0.2, 0.25) is 0 Å². The molecule has 0 bridgehead atoms. The summed E-state index contributed by atoms with van der Waals surface area (Å²) in [7, 11) is 1.79. The van der Waals surface area contributed by atoms with E-state index in [1.807, 2.05) is 17.5 Å². The lowest BCUT2D eigenvalue weighted by atomic mass is 9.96. The third kappa shape index (κ3) is 3.32. The minimum Gasteiger partial charge on any atom is -0.337 e. The van der Waals surface area contributed by atoms with Crippen LogP contribution in [0.1, 0.15) is 35.1 Å². The van der Waals surface area contributed by atoms with Crippen LogP contribution in [0.25, 0.3) is 10.6 Å². The van der Waals surface area contributed by atoms with E-state index >= 15 is 0 Å². The van der Waals surface area contributed by atoms with Crippen molar-refractivity contribution < 1.29 is 4.79 Å². The number of aromatic amines is 1. The molecule has 0 unspecified atom stereocenters. The first-order chi connectivity index (χ1) is 12.6. The molecule has 4 heterocycles. The Bertz CT molecular complexity index is 976. The van der Waals surface area contributed by atoms with Gasteiger partial charge in [-0.3, -0.25) is 14.3 Å². The zero-order chi connectivity index (χ0) is 18.1. The zero-order valence-corrected chi connectivity index (χ0v) is 15.2.